The van der Waals surface area contributed by atoms with Crippen LogP contribution in [0.3, 0.4) is 0 Å². The molecule has 2 aromatic carbocycles. The number of thioether (sulfide) groups is 1. The molecular weight excluding hydrogens is 484 g/mol. The lowest BCUT2D eigenvalue weighted by Crippen LogP contribution is -2.14. The molecule has 30 heavy (non-hydrogen) atoms. The molecule has 0 spiro atoms. The van der Waals surface area contributed by atoms with Crippen LogP contribution in [0.15, 0.2) is 56.5 Å². The van der Waals surface area contributed by atoms with Crippen LogP contribution in [0, 0.1) is 0 Å². The summed E-state index contributed by atoms with van der Waals surface area (Å²) in [6, 6.07) is 11.9. The van der Waals surface area contributed by atoms with Crippen LogP contribution in [0.4, 0.5) is 5.13 Å². The number of hydrogen-bond donors (Lipinski definition) is 1. The van der Waals surface area contributed by atoms with Crippen molar-refractivity contribution in [1.82, 2.24) is 14.8 Å². The predicted octanol–water partition coefficient (Wildman–Crippen LogP) is 4.53. The standard InChI is InChI=1S/C18H15ClN4O3S4/c1-2-27-17-21-20-16(29-17)22-30(25,26)13-7-8-14-15(9-13)28-18(24)23(14)10-11-3-5-12(19)6-4-11/h3-9H,2,10H2,1H3,(H,20,22). The average molecular weight is 499 g/mol. The first kappa shape index (κ1) is 21.3. The molecule has 156 valence electrons. The smallest absolute Gasteiger partial charge is 0.294 e. The van der Waals surface area contributed by atoms with Gasteiger partial charge in [-0.25, -0.2) is 8.42 Å². The van der Waals surface area contributed by atoms with Crippen LogP contribution in [0.5, 0.6) is 0 Å². The van der Waals surface area contributed by atoms with Gasteiger partial charge in [0.2, 0.25) is 5.13 Å². The zero-order valence-corrected chi connectivity index (χ0v) is 19.6. The van der Waals surface area contributed by atoms with Crippen molar-refractivity contribution in [3.8, 4) is 0 Å². The molecule has 2 heterocycles. The number of hydrogen-bond acceptors (Lipinski definition) is 8. The molecule has 0 bridgehead atoms. The number of benzene rings is 2. The van der Waals surface area contributed by atoms with Crippen molar-refractivity contribution in [2.75, 3.05) is 10.5 Å². The molecular formula is C18H15ClN4O3S4. The number of fused-ring (bicyclic) bond motifs is 1. The molecule has 1 N–H and O–H groups in total. The van der Waals surface area contributed by atoms with Gasteiger partial charge in [-0.15, -0.1) is 10.2 Å². The number of sulfonamides is 1. The van der Waals surface area contributed by atoms with Gasteiger partial charge in [0.25, 0.3) is 10.0 Å². The van der Waals surface area contributed by atoms with Crippen LogP contribution >= 0.6 is 46.0 Å². The van der Waals surface area contributed by atoms with Gasteiger partial charge < -0.3 is 0 Å². The summed E-state index contributed by atoms with van der Waals surface area (Å²) >= 11 is 9.60. The fraction of sp³-hybridized carbons (Fsp3) is 0.167. The maximum Gasteiger partial charge on any atom is 0.308 e. The zero-order valence-electron chi connectivity index (χ0n) is 15.5. The van der Waals surface area contributed by atoms with Crippen molar-refractivity contribution >= 4 is 71.4 Å². The van der Waals surface area contributed by atoms with E-state index < -0.39 is 10.0 Å². The highest BCUT2D eigenvalue weighted by Crippen LogP contribution is 2.28. The first-order chi connectivity index (χ1) is 14.4. The van der Waals surface area contributed by atoms with Crippen molar-refractivity contribution in [1.29, 1.82) is 0 Å². The molecule has 0 unspecified atom stereocenters. The summed E-state index contributed by atoms with van der Waals surface area (Å²) in [6.07, 6.45) is 0. The molecule has 0 radical (unpaired) electrons. The van der Waals surface area contributed by atoms with Gasteiger partial charge >= 0.3 is 4.87 Å². The number of aromatic nitrogens is 3. The SMILES string of the molecule is CCSc1nnc(NS(=O)(=O)c2ccc3c(c2)sc(=O)n3Cc2ccc(Cl)cc2)s1. The second-order valence-electron chi connectivity index (χ2n) is 6.12. The Balaban J connectivity index is 1.63. The Bertz CT molecular complexity index is 1360. The maximum atomic E-state index is 12.8. The summed E-state index contributed by atoms with van der Waals surface area (Å²) in [4.78, 5) is 12.4. The van der Waals surface area contributed by atoms with Crippen molar-refractivity contribution in [3.05, 3.63) is 62.7 Å². The first-order valence-electron chi connectivity index (χ1n) is 8.72. The topological polar surface area (TPSA) is 94.0 Å². The van der Waals surface area contributed by atoms with Crippen LogP contribution in [0.25, 0.3) is 10.2 Å². The van der Waals surface area contributed by atoms with Crippen molar-refractivity contribution in [2.45, 2.75) is 22.7 Å². The molecule has 0 atom stereocenters. The molecule has 0 aliphatic carbocycles. The van der Waals surface area contributed by atoms with E-state index in [4.69, 9.17) is 11.6 Å². The van der Waals surface area contributed by atoms with Crippen molar-refractivity contribution in [3.63, 3.8) is 0 Å². The van der Waals surface area contributed by atoms with Crippen LogP contribution < -0.4 is 9.60 Å². The van der Waals surface area contributed by atoms with Gasteiger partial charge in [-0.3, -0.25) is 14.1 Å². The Morgan fingerprint density at radius 3 is 2.63 bits per heavy atom. The Morgan fingerprint density at radius 1 is 1.13 bits per heavy atom. The first-order valence-corrected chi connectivity index (χ1v) is 13.2. The highest BCUT2D eigenvalue weighted by Gasteiger charge is 2.19. The molecule has 4 aromatic rings. The molecule has 12 heteroatoms. The van der Waals surface area contributed by atoms with E-state index in [1.165, 1.54) is 35.2 Å². The van der Waals surface area contributed by atoms with Gasteiger partial charge in [0.1, 0.15) is 0 Å². The third-order valence-corrected chi connectivity index (χ3v) is 8.61. The fourth-order valence-corrected chi connectivity index (χ4v) is 6.78. The van der Waals surface area contributed by atoms with Crippen LogP contribution in [0.1, 0.15) is 12.5 Å². The molecule has 0 aliphatic rings. The van der Waals surface area contributed by atoms with E-state index in [0.29, 0.717) is 26.1 Å². The van der Waals surface area contributed by atoms with E-state index in [2.05, 4.69) is 14.9 Å². The molecule has 0 amide bonds. The van der Waals surface area contributed by atoms with Gasteiger partial charge in [-0.05, 0) is 41.6 Å². The molecule has 0 saturated carbocycles. The summed E-state index contributed by atoms with van der Waals surface area (Å²) in [5.74, 6) is 0.823. The summed E-state index contributed by atoms with van der Waals surface area (Å²) in [6.45, 7) is 2.36. The van der Waals surface area contributed by atoms with Gasteiger partial charge in [0.15, 0.2) is 4.34 Å². The predicted molar refractivity (Wildman–Crippen MR) is 124 cm³/mol. The lowest BCUT2D eigenvalue weighted by molar-refractivity contribution is 0.601. The van der Waals surface area contributed by atoms with Crippen LogP contribution in [-0.4, -0.2) is 28.9 Å². The lowest BCUT2D eigenvalue weighted by Gasteiger charge is -2.07. The van der Waals surface area contributed by atoms with E-state index in [0.717, 1.165) is 22.7 Å². The molecule has 0 saturated heterocycles. The minimum atomic E-state index is -3.84. The monoisotopic (exact) mass is 498 g/mol. The minimum Gasteiger partial charge on any atom is -0.294 e. The number of anilines is 1. The lowest BCUT2D eigenvalue weighted by atomic mass is 10.2. The summed E-state index contributed by atoms with van der Waals surface area (Å²) in [7, 11) is -3.84. The highest BCUT2D eigenvalue weighted by molar-refractivity contribution is 8.01. The van der Waals surface area contributed by atoms with Gasteiger partial charge in [-0.2, -0.15) is 0 Å². The number of halogens is 1. The second-order valence-corrected chi connectivity index (χ2v) is 11.7. The Labute approximate surface area is 189 Å². The van der Waals surface area contributed by atoms with E-state index in [1.54, 1.807) is 22.8 Å². The Morgan fingerprint density at radius 2 is 1.90 bits per heavy atom. The molecule has 2 aromatic heterocycles. The van der Waals surface area contributed by atoms with Crippen molar-refractivity contribution in [2.24, 2.45) is 0 Å². The summed E-state index contributed by atoms with van der Waals surface area (Å²) in [5.41, 5.74) is 1.60. The Hall–Kier alpha value is -1.92. The number of rotatable bonds is 7. The summed E-state index contributed by atoms with van der Waals surface area (Å²) < 4.78 is 30.9. The van der Waals surface area contributed by atoms with Gasteiger partial charge in [0.05, 0.1) is 21.7 Å². The number of thiazole rings is 1. The van der Waals surface area contributed by atoms with Crippen molar-refractivity contribution < 1.29 is 8.42 Å². The van der Waals surface area contributed by atoms with E-state index in [1.807, 2.05) is 19.1 Å². The quantitative estimate of drug-likeness (QED) is 0.376. The summed E-state index contributed by atoms with van der Waals surface area (Å²) in [5, 5.41) is 8.66. The highest BCUT2D eigenvalue weighted by atomic mass is 35.5. The fourth-order valence-electron chi connectivity index (χ4n) is 2.74. The van der Waals surface area contributed by atoms with Crippen LogP contribution in [-0.2, 0) is 16.6 Å². The van der Waals surface area contributed by atoms with E-state index in [-0.39, 0.29) is 14.9 Å². The zero-order chi connectivity index (χ0) is 21.3. The third-order valence-electron chi connectivity index (χ3n) is 4.10. The maximum absolute atomic E-state index is 12.8. The largest absolute Gasteiger partial charge is 0.308 e. The number of nitrogens with one attached hydrogen (secondary N) is 1. The number of nitrogens with zero attached hydrogens (tertiary/aromatic N) is 3. The third kappa shape index (κ3) is 4.54. The van der Waals surface area contributed by atoms with Gasteiger partial charge in [-0.1, -0.05) is 65.1 Å². The molecule has 0 fully saturated rings. The second kappa shape index (κ2) is 8.67. The average Bonchev–Trinajstić information content (AvgIpc) is 3.26. The normalized spacial score (nSPS) is 11.8. The molecule has 7 nitrogen and oxygen atoms in total. The van der Waals surface area contributed by atoms with E-state index in [9.17, 15) is 13.2 Å². The minimum absolute atomic E-state index is 0.0646. The van der Waals surface area contributed by atoms with Gasteiger partial charge in [0, 0.05) is 5.02 Å². The molecule has 0 aliphatic heterocycles. The molecule has 4 rings (SSSR count). The van der Waals surface area contributed by atoms with E-state index >= 15 is 0 Å². The Kier molecular flexibility index (Phi) is 6.16. The van der Waals surface area contributed by atoms with Crippen LogP contribution in [0.2, 0.25) is 5.02 Å².